The Hall–Kier alpha value is -1.30. The van der Waals surface area contributed by atoms with Gasteiger partial charge in [0.15, 0.2) is 0 Å². The lowest BCUT2D eigenvalue weighted by Gasteiger charge is -2.08. The van der Waals surface area contributed by atoms with E-state index in [-0.39, 0.29) is 0 Å². The van der Waals surface area contributed by atoms with Gasteiger partial charge in [0.25, 0.3) is 0 Å². The quantitative estimate of drug-likeness (QED) is 0.806. The van der Waals surface area contributed by atoms with Crippen molar-refractivity contribution >= 4 is 15.9 Å². The van der Waals surface area contributed by atoms with E-state index in [4.69, 9.17) is 0 Å². The van der Waals surface area contributed by atoms with Crippen molar-refractivity contribution in [3.05, 3.63) is 47.0 Å². The molecule has 100 valence electrons. The van der Waals surface area contributed by atoms with Gasteiger partial charge in [0.05, 0.1) is 5.33 Å². The molecular weight excluding hydrogens is 316 g/mol. The summed E-state index contributed by atoms with van der Waals surface area (Å²) in [5, 5.41) is 8.87. The lowest BCUT2D eigenvalue weighted by atomic mass is 10.1. The molecule has 0 radical (unpaired) electrons. The molecule has 1 heterocycles. The molecule has 1 fully saturated rings. The van der Waals surface area contributed by atoms with Crippen molar-refractivity contribution in [2.45, 2.75) is 30.6 Å². The van der Waals surface area contributed by atoms with Crippen LogP contribution in [0.3, 0.4) is 0 Å². The maximum absolute atomic E-state index is 13.7. The van der Waals surface area contributed by atoms with Gasteiger partial charge in [0, 0.05) is 18.5 Å². The van der Waals surface area contributed by atoms with E-state index in [0.717, 1.165) is 30.6 Å². The van der Waals surface area contributed by atoms with Crippen LogP contribution in [-0.4, -0.2) is 14.8 Å². The van der Waals surface area contributed by atoms with E-state index in [1.807, 2.05) is 0 Å². The molecule has 0 bridgehead atoms. The van der Waals surface area contributed by atoms with E-state index in [2.05, 4.69) is 30.7 Å². The molecule has 3 rings (SSSR count). The number of alkyl halides is 1. The van der Waals surface area contributed by atoms with E-state index < -0.39 is 11.6 Å². The monoisotopic (exact) mass is 327 g/mol. The van der Waals surface area contributed by atoms with Gasteiger partial charge < -0.3 is 4.57 Å². The highest BCUT2D eigenvalue weighted by Crippen LogP contribution is 2.37. The maximum Gasteiger partial charge on any atom is 0.143 e. The SMILES string of the molecule is Fc1ccc(Cc2nnc(CBr)n2C2CC2)c(F)c1. The van der Waals surface area contributed by atoms with Gasteiger partial charge >= 0.3 is 0 Å². The normalized spacial score (nSPS) is 14.9. The molecule has 0 aliphatic heterocycles. The summed E-state index contributed by atoms with van der Waals surface area (Å²) in [5.74, 6) is 0.499. The molecular formula is C13H12BrF2N3. The Morgan fingerprint density at radius 3 is 2.58 bits per heavy atom. The summed E-state index contributed by atoms with van der Waals surface area (Å²) >= 11 is 3.38. The van der Waals surface area contributed by atoms with Crippen molar-refractivity contribution in [2.75, 3.05) is 0 Å². The summed E-state index contributed by atoms with van der Waals surface area (Å²) in [6.07, 6.45) is 2.55. The third-order valence-electron chi connectivity index (χ3n) is 3.23. The van der Waals surface area contributed by atoms with Crippen LogP contribution < -0.4 is 0 Å². The molecule has 19 heavy (non-hydrogen) atoms. The van der Waals surface area contributed by atoms with Crippen LogP contribution in [-0.2, 0) is 11.8 Å². The molecule has 0 amide bonds. The van der Waals surface area contributed by atoms with Crippen molar-refractivity contribution in [3.8, 4) is 0 Å². The molecule has 0 saturated heterocycles. The van der Waals surface area contributed by atoms with Crippen LogP contribution in [0.25, 0.3) is 0 Å². The van der Waals surface area contributed by atoms with Gasteiger partial charge in [0.1, 0.15) is 23.3 Å². The fourth-order valence-corrected chi connectivity index (χ4v) is 2.54. The van der Waals surface area contributed by atoms with Crippen LogP contribution in [0.5, 0.6) is 0 Å². The van der Waals surface area contributed by atoms with E-state index in [9.17, 15) is 8.78 Å². The van der Waals surface area contributed by atoms with Crippen molar-refractivity contribution in [2.24, 2.45) is 0 Å². The minimum Gasteiger partial charge on any atom is -0.311 e. The molecule has 6 heteroatoms. The lowest BCUT2D eigenvalue weighted by Crippen LogP contribution is -2.06. The van der Waals surface area contributed by atoms with E-state index in [1.165, 1.54) is 12.1 Å². The highest BCUT2D eigenvalue weighted by molar-refractivity contribution is 9.08. The molecule has 1 aromatic heterocycles. The Morgan fingerprint density at radius 1 is 1.21 bits per heavy atom. The van der Waals surface area contributed by atoms with Gasteiger partial charge in [-0.3, -0.25) is 0 Å². The zero-order valence-electron chi connectivity index (χ0n) is 10.1. The number of rotatable bonds is 4. The number of nitrogens with zero attached hydrogens (tertiary/aromatic N) is 3. The average molecular weight is 328 g/mol. The average Bonchev–Trinajstić information content (AvgIpc) is 3.14. The van der Waals surface area contributed by atoms with Gasteiger partial charge in [0.2, 0.25) is 0 Å². The molecule has 1 aliphatic carbocycles. The van der Waals surface area contributed by atoms with Crippen molar-refractivity contribution in [1.29, 1.82) is 0 Å². The second-order valence-electron chi connectivity index (χ2n) is 4.68. The molecule has 1 aromatic carbocycles. The van der Waals surface area contributed by atoms with Crippen LogP contribution in [0.15, 0.2) is 18.2 Å². The maximum atomic E-state index is 13.7. The molecule has 0 spiro atoms. The molecule has 3 nitrogen and oxygen atoms in total. The molecule has 0 N–H and O–H groups in total. The van der Waals surface area contributed by atoms with Crippen molar-refractivity contribution in [1.82, 2.24) is 14.8 Å². The molecule has 0 unspecified atom stereocenters. The number of halogens is 3. The second kappa shape index (κ2) is 5.00. The lowest BCUT2D eigenvalue weighted by molar-refractivity contribution is 0.570. The first-order chi connectivity index (χ1) is 9.19. The third-order valence-corrected chi connectivity index (χ3v) is 3.73. The van der Waals surface area contributed by atoms with Crippen LogP contribution in [0.1, 0.15) is 36.1 Å². The summed E-state index contributed by atoms with van der Waals surface area (Å²) in [4.78, 5) is 0. The first-order valence-corrected chi connectivity index (χ1v) is 7.23. The highest BCUT2D eigenvalue weighted by Gasteiger charge is 2.29. The molecule has 0 atom stereocenters. The predicted octanol–water partition coefficient (Wildman–Crippen LogP) is 3.38. The minimum atomic E-state index is -0.564. The number of hydrogen-bond donors (Lipinski definition) is 0. The van der Waals surface area contributed by atoms with Crippen LogP contribution in [0.2, 0.25) is 0 Å². The molecule has 1 saturated carbocycles. The van der Waals surface area contributed by atoms with Crippen LogP contribution in [0, 0.1) is 11.6 Å². The van der Waals surface area contributed by atoms with Gasteiger partial charge in [-0.05, 0) is 24.5 Å². The topological polar surface area (TPSA) is 30.7 Å². The zero-order chi connectivity index (χ0) is 13.4. The van der Waals surface area contributed by atoms with E-state index in [0.29, 0.717) is 23.4 Å². The third kappa shape index (κ3) is 2.54. The van der Waals surface area contributed by atoms with Crippen molar-refractivity contribution < 1.29 is 8.78 Å². The Balaban J connectivity index is 1.92. The van der Waals surface area contributed by atoms with E-state index >= 15 is 0 Å². The zero-order valence-corrected chi connectivity index (χ0v) is 11.7. The summed E-state index contributed by atoms with van der Waals surface area (Å²) in [6, 6.07) is 4.06. The standard InChI is InChI=1S/C13H12BrF2N3/c14-7-13-18-17-12(19(13)10-3-4-10)5-8-1-2-9(15)6-11(8)16/h1-2,6,10H,3-5,7H2. The van der Waals surface area contributed by atoms with Gasteiger partial charge in [-0.25, -0.2) is 8.78 Å². The minimum absolute atomic E-state index is 0.336. The smallest absolute Gasteiger partial charge is 0.143 e. The van der Waals surface area contributed by atoms with Crippen LogP contribution in [0.4, 0.5) is 8.78 Å². The predicted molar refractivity (Wildman–Crippen MR) is 70.1 cm³/mol. The van der Waals surface area contributed by atoms with Gasteiger partial charge in [-0.1, -0.05) is 22.0 Å². The summed E-state index contributed by atoms with van der Waals surface area (Å²) in [7, 11) is 0. The summed E-state index contributed by atoms with van der Waals surface area (Å²) < 4.78 is 28.6. The van der Waals surface area contributed by atoms with E-state index in [1.54, 1.807) is 0 Å². The number of aromatic nitrogens is 3. The van der Waals surface area contributed by atoms with Crippen molar-refractivity contribution in [3.63, 3.8) is 0 Å². The Labute approximate surface area is 117 Å². The first kappa shape index (κ1) is 12.7. The molecule has 1 aliphatic rings. The van der Waals surface area contributed by atoms with Gasteiger partial charge in [-0.2, -0.15) is 0 Å². The van der Waals surface area contributed by atoms with Gasteiger partial charge in [-0.15, -0.1) is 10.2 Å². The Morgan fingerprint density at radius 2 is 1.95 bits per heavy atom. The summed E-state index contributed by atoms with van der Waals surface area (Å²) in [6.45, 7) is 0. The fourth-order valence-electron chi connectivity index (χ4n) is 2.16. The number of benzene rings is 1. The fraction of sp³-hybridized carbons (Fsp3) is 0.385. The molecule has 2 aromatic rings. The number of hydrogen-bond acceptors (Lipinski definition) is 2. The van der Waals surface area contributed by atoms with Crippen LogP contribution >= 0.6 is 15.9 Å². The second-order valence-corrected chi connectivity index (χ2v) is 5.24. The Bertz CT molecular complexity index is 608. The highest BCUT2D eigenvalue weighted by atomic mass is 79.9. The summed E-state index contributed by atoms with van der Waals surface area (Å²) in [5.41, 5.74) is 0.442. The first-order valence-electron chi connectivity index (χ1n) is 6.11. The Kier molecular flexibility index (Phi) is 3.35. The largest absolute Gasteiger partial charge is 0.311 e.